The molecule has 118 valence electrons. The largest absolute Gasteiger partial charge is 0.480 e. The average Bonchev–Trinajstić information content (AvgIpc) is 2.53. The molecule has 1 amide bonds. The molecule has 1 heterocycles. The molecular weight excluding hydrogens is 276 g/mol. The van der Waals surface area contributed by atoms with Gasteiger partial charge in [-0.05, 0) is 20.8 Å². The third-order valence-corrected chi connectivity index (χ3v) is 2.98. The van der Waals surface area contributed by atoms with Crippen molar-refractivity contribution in [3.05, 3.63) is 11.4 Å². The van der Waals surface area contributed by atoms with Crippen LogP contribution in [0.5, 0.6) is 0 Å². The van der Waals surface area contributed by atoms with Gasteiger partial charge in [-0.25, -0.2) is 9.59 Å². The van der Waals surface area contributed by atoms with Gasteiger partial charge in [0.15, 0.2) is 17.4 Å². The highest BCUT2D eigenvalue weighted by Crippen LogP contribution is 2.07. The molecule has 8 nitrogen and oxygen atoms in total. The predicted octanol–water partition coefficient (Wildman–Crippen LogP) is 0.302. The second-order valence-corrected chi connectivity index (χ2v) is 5.90. The van der Waals surface area contributed by atoms with Gasteiger partial charge in [-0.15, -0.1) is 9.36 Å². The topological polar surface area (TPSA) is 97.3 Å². The fourth-order valence-corrected chi connectivity index (χ4v) is 1.70. The van der Waals surface area contributed by atoms with E-state index in [1.54, 1.807) is 37.2 Å². The van der Waals surface area contributed by atoms with E-state index in [0.717, 1.165) is 11.4 Å². The number of amides is 1. The number of carboxylic acid groups (broad SMARTS) is 1. The molecule has 21 heavy (non-hydrogen) atoms. The molecule has 8 heteroatoms. The summed E-state index contributed by atoms with van der Waals surface area (Å²) in [7, 11) is 1.77. The molecule has 0 spiro atoms. The van der Waals surface area contributed by atoms with Gasteiger partial charge in [-0.3, -0.25) is 0 Å². The van der Waals surface area contributed by atoms with Gasteiger partial charge in [0.1, 0.15) is 19.2 Å². The number of carbonyl (C=O) groups excluding carboxylic acids is 1. The molecule has 0 aromatic carbocycles. The van der Waals surface area contributed by atoms with Crippen LogP contribution in [0.3, 0.4) is 0 Å². The Bertz CT molecular complexity index is 545. The Kier molecular flexibility index (Phi) is 4.93. The quantitative estimate of drug-likeness (QED) is 0.779. The summed E-state index contributed by atoms with van der Waals surface area (Å²) >= 11 is 0. The number of rotatable bonds is 4. The van der Waals surface area contributed by atoms with Crippen LogP contribution in [0.15, 0.2) is 0 Å². The molecule has 0 bridgehead atoms. The SMILES string of the molecule is Cc1c(C)[n+](C)nn1C[C@H](NC(=O)OC(C)(C)C)C(=O)O. The lowest BCUT2D eigenvalue weighted by Crippen LogP contribution is -2.46. The van der Waals surface area contributed by atoms with Gasteiger partial charge in [-0.1, -0.05) is 0 Å². The van der Waals surface area contributed by atoms with Crippen LogP contribution in [0.2, 0.25) is 0 Å². The van der Waals surface area contributed by atoms with Gasteiger partial charge >= 0.3 is 12.1 Å². The van der Waals surface area contributed by atoms with E-state index in [1.807, 2.05) is 13.8 Å². The molecular formula is C13H23N4O4+. The summed E-state index contributed by atoms with van der Waals surface area (Å²) < 4.78 is 8.27. The van der Waals surface area contributed by atoms with Gasteiger partial charge in [0, 0.05) is 13.8 Å². The average molecular weight is 299 g/mol. The van der Waals surface area contributed by atoms with E-state index in [0.29, 0.717) is 0 Å². The van der Waals surface area contributed by atoms with Crippen molar-refractivity contribution < 1.29 is 24.1 Å². The second kappa shape index (κ2) is 6.11. The molecule has 0 unspecified atom stereocenters. The highest BCUT2D eigenvalue weighted by molar-refractivity contribution is 5.79. The smallest absolute Gasteiger partial charge is 0.408 e. The molecule has 1 aromatic heterocycles. The van der Waals surface area contributed by atoms with Crippen LogP contribution < -0.4 is 10.00 Å². The van der Waals surface area contributed by atoms with Crippen molar-refractivity contribution in [1.82, 2.24) is 15.2 Å². The molecule has 0 aliphatic rings. The van der Waals surface area contributed by atoms with Crippen LogP contribution in [0.4, 0.5) is 4.79 Å². The van der Waals surface area contributed by atoms with E-state index < -0.39 is 23.7 Å². The van der Waals surface area contributed by atoms with Gasteiger partial charge in [0.2, 0.25) is 0 Å². The number of carboxylic acids is 1. The highest BCUT2D eigenvalue weighted by Gasteiger charge is 2.28. The maximum atomic E-state index is 11.7. The molecule has 0 aliphatic heterocycles. The maximum Gasteiger partial charge on any atom is 0.408 e. The molecule has 0 saturated heterocycles. The van der Waals surface area contributed by atoms with E-state index in [1.165, 1.54) is 0 Å². The fraction of sp³-hybridized carbons (Fsp3) is 0.692. The van der Waals surface area contributed by atoms with Crippen molar-refractivity contribution in [2.24, 2.45) is 7.05 Å². The molecule has 2 N–H and O–H groups in total. The fourth-order valence-electron chi connectivity index (χ4n) is 1.70. The number of carbonyl (C=O) groups is 2. The van der Waals surface area contributed by atoms with Gasteiger partial charge in [0.25, 0.3) is 0 Å². The molecule has 0 aliphatic carbocycles. The molecule has 0 radical (unpaired) electrons. The molecule has 1 atom stereocenters. The van der Waals surface area contributed by atoms with Gasteiger partial charge < -0.3 is 15.2 Å². The molecule has 0 saturated carbocycles. The minimum atomic E-state index is -1.14. The first-order chi connectivity index (χ1) is 9.51. The summed E-state index contributed by atoms with van der Waals surface area (Å²) in [5, 5.41) is 15.8. The first-order valence-corrected chi connectivity index (χ1v) is 6.64. The second-order valence-electron chi connectivity index (χ2n) is 5.90. The van der Waals surface area contributed by atoms with Crippen molar-refractivity contribution >= 4 is 12.1 Å². The van der Waals surface area contributed by atoms with Crippen LogP contribution in [0.25, 0.3) is 0 Å². The zero-order valence-electron chi connectivity index (χ0n) is 13.3. The summed E-state index contributed by atoms with van der Waals surface area (Å²) in [6, 6.07) is -1.11. The van der Waals surface area contributed by atoms with E-state index in [9.17, 15) is 14.7 Å². The molecule has 1 rings (SSSR count). The molecule has 0 fully saturated rings. The number of ether oxygens (including phenoxy) is 1. The third kappa shape index (κ3) is 4.73. The van der Waals surface area contributed by atoms with Crippen molar-refractivity contribution in [3.8, 4) is 0 Å². The standard InChI is InChI=1S/C13H22N4O4/c1-8-9(2)17(15-16(8)6)7-10(11(18)19)14-12(20)21-13(3,4)5/h10H,7H2,1-6H3,(H-,14,18,19,20)/p+1/t10-/m0/s1. The van der Waals surface area contributed by atoms with Crippen LogP contribution in [0.1, 0.15) is 32.2 Å². The summed E-state index contributed by atoms with van der Waals surface area (Å²) in [6.07, 6.45) is -0.763. The Morgan fingerprint density at radius 1 is 1.43 bits per heavy atom. The van der Waals surface area contributed by atoms with E-state index in [4.69, 9.17) is 4.74 Å². The van der Waals surface area contributed by atoms with Gasteiger partial charge in [0.05, 0.1) is 5.21 Å². The summed E-state index contributed by atoms with van der Waals surface area (Å²) in [5.41, 5.74) is 1.09. The number of aliphatic carboxylic acids is 1. The number of nitrogens with zero attached hydrogens (tertiary/aromatic N) is 3. The lowest BCUT2D eigenvalue weighted by molar-refractivity contribution is -0.737. The number of aryl methyl sites for hydroxylation is 1. The first-order valence-electron chi connectivity index (χ1n) is 6.64. The van der Waals surface area contributed by atoms with Crippen molar-refractivity contribution in [2.45, 2.75) is 52.8 Å². The van der Waals surface area contributed by atoms with Crippen LogP contribution >= 0.6 is 0 Å². The zero-order chi connectivity index (χ0) is 16.4. The van der Waals surface area contributed by atoms with Crippen LogP contribution in [-0.2, 0) is 23.1 Å². The van der Waals surface area contributed by atoms with E-state index >= 15 is 0 Å². The lowest BCUT2D eigenvalue weighted by atomic mass is 10.2. The monoisotopic (exact) mass is 299 g/mol. The Labute approximate surface area is 123 Å². The Hall–Kier alpha value is -2.12. The number of alkyl carbamates (subject to hydrolysis) is 1. The van der Waals surface area contributed by atoms with Gasteiger partial charge in [-0.2, -0.15) is 0 Å². The van der Waals surface area contributed by atoms with Crippen molar-refractivity contribution in [3.63, 3.8) is 0 Å². The number of hydrogen-bond donors (Lipinski definition) is 2. The molecule has 1 aromatic rings. The Balaban J connectivity index is 2.81. The van der Waals surface area contributed by atoms with Crippen LogP contribution in [0, 0.1) is 13.8 Å². The van der Waals surface area contributed by atoms with Crippen molar-refractivity contribution in [2.75, 3.05) is 0 Å². The minimum Gasteiger partial charge on any atom is -0.480 e. The summed E-state index contributed by atoms with van der Waals surface area (Å²) in [4.78, 5) is 23.0. The van der Waals surface area contributed by atoms with Crippen LogP contribution in [-0.4, -0.2) is 38.7 Å². The number of nitrogens with one attached hydrogen (secondary N) is 1. The first kappa shape index (κ1) is 16.9. The van der Waals surface area contributed by atoms with Crippen molar-refractivity contribution in [1.29, 1.82) is 0 Å². The Morgan fingerprint density at radius 3 is 2.38 bits per heavy atom. The highest BCUT2D eigenvalue weighted by atomic mass is 16.6. The third-order valence-electron chi connectivity index (χ3n) is 2.98. The summed E-state index contributed by atoms with van der Waals surface area (Å²) in [6.45, 7) is 8.89. The minimum absolute atomic E-state index is 0.0299. The number of aromatic nitrogens is 3. The lowest BCUT2D eigenvalue weighted by Gasteiger charge is -2.21. The normalized spacial score (nSPS) is 12.9. The van der Waals surface area contributed by atoms with E-state index in [-0.39, 0.29) is 6.54 Å². The maximum absolute atomic E-state index is 11.7. The summed E-state index contributed by atoms with van der Waals surface area (Å²) in [5.74, 6) is -1.14. The Morgan fingerprint density at radius 2 is 2.00 bits per heavy atom. The predicted molar refractivity (Wildman–Crippen MR) is 73.7 cm³/mol. The number of hydrogen-bond acceptors (Lipinski definition) is 4. The van der Waals surface area contributed by atoms with E-state index in [2.05, 4.69) is 10.5 Å². The zero-order valence-corrected chi connectivity index (χ0v) is 13.3.